The number of pyridine rings is 1. The molecule has 1 aliphatic rings. The van der Waals surface area contributed by atoms with E-state index < -0.39 is 12.4 Å². The molecular weight excluding hydrogens is 546 g/mol. The van der Waals surface area contributed by atoms with E-state index in [9.17, 15) is 20.1 Å². The number of aliphatic hydroxyl groups excluding tert-OH is 2. The first-order valence-corrected chi connectivity index (χ1v) is 14.3. The second-order valence-corrected chi connectivity index (χ2v) is 11.0. The van der Waals surface area contributed by atoms with Crippen LogP contribution < -0.4 is 5.32 Å². The molecule has 1 amide bonds. The quantitative estimate of drug-likeness (QED) is 0.206. The Balaban J connectivity index is 1.32. The van der Waals surface area contributed by atoms with Crippen LogP contribution in [0.2, 0.25) is 0 Å². The van der Waals surface area contributed by atoms with E-state index in [1.807, 2.05) is 60.5 Å². The van der Waals surface area contributed by atoms with Gasteiger partial charge in [0.25, 0.3) is 5.91 Å². The van der Waals surface area contributed by atoms with Gasteiger partial charge in [-0.15, -0.1) is 0 Å². The molecule has 0 bridgehead atoms. The lowest BCUT2D eigenvalue weighted by molar-refractivity contribution is -0.276. The molecule has 4 aromatic rings. The smallest absolute Gasteiger partial charge is 0.257 e. The van der Waals surface area contributed by atoms with E-state index in [0.29, 0.717) is 29.9 Å². The standard InChI is InChI=1S/C34H37N3O6/c1-22-31(20-37(2)19-30(40)26-5-3-7-29(39)17-26)42-34(43-32(22)24-10-8-23(21-38)9-11-24)25-12-14-28(15-13-25)36-33(41)27-6-4-16-35-18-27/h3-18,22,30-32,34,38-40H,19-21H2,1-2H3,(H,36,41). The van der Waals surface area contributed by atoms with E-state index in [0.717, 1.165) is 16.7 Å². The zero-order valence-electron chi connectivity index (χ0n) is 24.2. The Labute approximate surface area is 251 Å². The van der Waals surface area contributed by atoms with E-state index in [2.05, 4.69) is 17.2 Å². The molecule has 1 aromatic heterocycles. The molecule has 0 radical (unpaired) electrons. The van der Waals surface area contributed by atoms with Gasteiger partial charge in [0.1, 0.15) is 5.75 Å². The van der Waals surface area contributed by atoms with Gasteiger partial charge >= 0.3 is 0 Å². The molecule has 224 valence electrons. The van der Waals surface area contributed by atoms with E-state index in [4.69, 9.17) is 9.47 Å². The summed E-state index contributed by atoms with van der Waals surface area (Å²) in [6.45, 7) is 2.93. The highest BCUT2D eigenvalue weighted by Gasteiger charge is 2.39. The van der Waals surface area contributed by atoms with Crippen LogP contribution >= 0.6 is 0 Å². The highest BCUT2D eigenvalue weighted by Crippen LogP contribution is 2.42. The normalized spacial score (nSPS) is 21.0. The first-order chi connectivity index (χ1) is 20.8. The van der Waals surface area contributed by atoms with Gasteiger partial charge in [-0.05, 0) is 60.1 Å². The summed E-state index contributed by atoms with van der Waals surface area (Å²) in [5.41, 5.74) is 4.34. The number of aromatic nitrogens is 1. The van der Waals surface area contributed by atoms with Gasteiger partial charge in [-0.3, -0.25) is 9.78 Å². The number of benzene rings is 3. The Kier molecular flexibility index (Phi) is 9.81. The maximum Gasteiger partial charge on any atom is 0.257 e. The fourth-order valence-corrected chi connectivity index (χ4v) is 5.27. The minimum atomic E-state index is -0.778. The number of likely N-dealkylation sites (N-methyl/N-ethyl adjacent to an activating group) is 1. The largest absolute Gasteiger partial charge is 0.508 e. The first kappa shape index (κ1) is 30.3. The molecule has 43 heavy (non-hydrogen) atoms. The molecule has 9 nitrogen and oxygen atoms in total. The molecule has 1 aliphatic heterocycles. The molecule has 0 saturated carbocycles. The number of phenols is 1. The van der Waals surface area contributed by atoms with Gasteiger partial charge < -0.3 is 35.0 Å². The summed E-state index contributed by atoms with van der Waals surface area (Å²) in [4.78, 5) is 18.6. The molecule has 5 atom stereocenters. The van der Waals surface area contributed by atoms with Gasteiger partial charge in [-0.1, -0.05) is 55.5 Å². The van der Waals surface area contributed by atoms with Crippen molar-refractivity contribution < 1.29 is 29.6 Å². The summed E-state index contributed by atoms with van der Waals surface area (Å²) >= 11 is 0. The van der Waals surface area contributed by atoms with Crippen LogP contribution in [0.1, 0.15) is 58.0 Å². The lowest BCUT2D eigenvalue weighted by Gasteiger charge is -2.42. The number of nitrogens with one attached hydrogen (secondary N) is 1. The SMILES string of the molecule is CC1C(CN(C)CC(O)c2cccc(O)c2)OC(c2ccc(NC(=O)c3cccnc3)cc2)OC1c1ccc(CO)cc1. The average molecular weight is 584 g/mol. The van der Waals surface area contributed by atoms with Crippen LogP contribution in [0, 0.1) is 5.92 Å². The third kappa shape index (κ3) is 7.64. The molecule has 1 saturated heterocycles. The van der Waals surface area contributed by atoms with Crippen molar-refractivity contribution in [3.63, 3.8) is 0 Å². The number of hydrogen-bond acceptors (Lipinski definition) is 8. The molecular formula is C34H37N3O6. The maximum absolute atomic E-state index is 12.6. The van der Waals surface area contributed by atoms with Gasteiger partial charge in [0.15, 0.2) is 6.29 Å². The Morgan fingerprint density at radius 1 is 1.00 bits per heavy atom. The molecule has 0 aliphatic carbocycles. The summed E-state index contributed by atoms with van der Waals surface area (Å²) in [7, 11) is 1.93. The molecule has 1 fully saturated rings. The van der Waals surface area contributed by atoms with Crippen LogP contribution in [0.5, 0.6) is 5.75 Å². The van der Waals surface area contributed by atoms with Crippen molar-refractivity contribution >= 4 is 11.6 Å². The van der Waals surface area contributed by atoms with Crippen molar-refractivity contribution in [2.24, 2.45) is 5.92 Å². The number of anilines is 1. The topological polar surface area (TPSA) is 124 Å². The van der Waals surface area contributed by atoms with Crippen LogP contribution in [0.3, 0.4) is 0 Å². The fourth-order valence-electron chi connectivity index (χ4n) is 5.27. The van der Waals surface area contributed by atoms with Crippen molar-refractivity contribution in [1.82, 2.24) is 9.88 Å². The number of amides is 1. The molecule has 2 heterocycles. The molecule has 5 unspecified atom stereocenters. The number of carbonyl (C=O) groups is 1. The summed E-state index contributed by atoms with van der Waals surface area (Å²) in [5.74, 6) is -0.169. The predicted octanol–water partition coefficient (Wildman–Crippen LogP) is 4.99. The highest BCUT2D eigenvalue weighted by molar-refractivity contribution is 6.04. The van der Waals surface area contributed by atoms with Crippen LogP contribution in [0.15, 0.2) is 97.3 Å². The number of carbonyl (C=O) groups excluding carboxylic acids is 1. The van der Waals surface area contributed by atoms with Gasteiger partial charge in [-0.25, -0.2) is 0 Å². The van der Waals surface area contributed by atoms with Crippen LogP contribution in [-0.2, 0) is 16.1 Å². The number of aliphatic hydroxyl groups is 2. The number of hydrogen-bond donors (Lipinski definition) is 4. The van der Waals surface area contributed by atoms with Crippen LogP contribution in [0.4, 0.5) is 5.69 Å². The zero-order chi connectivity index (χ0) is 30.3. The van der Waals surface area contributed by atoms with Crippen molar-refractivity contribution in [2.75, 3.05) is 25.5 Å². The molecule has 9 heteroatoms. The second kappa shape index (κ2) is 13.9. The Morgan fingerprint density at radius 2 is 1.74 bits per heavy atom. The van der Waals surface area contributed by atoms with E-state index >= 15 is 0 Å². The number of rotatable bonds is 10. The third-order valence-corrected chi connectivity index (χ3v) is 7.72. The summed E-state index contributed by atoms with van der Waals surface area (Å²) < 4.78 is 13.1. The minimum Gasteiger partial charge on any atom is -0.508 e. The van der Waals surface area contributed by atoms with Crippen molar-refractivity contribution in [1.29, 1.82) is 0 Å². The highest BCUT2D eigenvalue weighted by atomic mass is 16.7. The third-order valence-electron chi connectivity index (χ3n) is 7.72. The predicted molar refractivity (Wildman–Crippen MR) is 162 cm³/mol. The zero-order valence-corrected chi connectivity index (χ0v) is 24.2. The number of ether oxygens (including phenoxy) is 2. The second-order valence-electron chi connectivity index (χ2n) is 11.0. The van der Waals surface area contributed by atoms with E-state index in [1.54, 1.807) is 42.6 Å². The monoisotopic (exact) mass is 583 g/mol. The maximum atomic E-state index is 12.6. The fraction of sp³-hybridized carbons (Fsp3) is 0.294. The lowest BCUT2D eigenvalue weighted by atomic mass is 9.90. The Morgan fingerprint density at radius 3 is 2.42 bits per heavy atom. The van der Waals surface area contributed by atoms with Gasteiger partial charge in [0.2, 0.25) is 0 Å². The van der Waals surface area contributed by atoms with E-state index in [-0.39, 0.29) is 36.4 Å². The lowest BCUT2D eigenvalue weighted by Crippen LogP contribution is -2.44. The average Bonchev–Trinajstić information content (AvgIpc) is 3.03. The Hall–Kier alpha value is -4.12. The van der Waals surface area contributed by atoms with Crippen molar-refractivity contribution in [2.45, 2.75) is 38.1 Å². The Bertz CT molecular complexity index is 1480. The summed E-state index contributed by atoms with van der Waals surface area (Å²) in [6, 6.07) is 25.2. The van der Waals surface area contributed by atoms with Gasteiger partial charge in [0, 0.05) is 42.7 Å². The number of aromatic hydroxyl groups is 1. The van der Waals surface area contributed by atoms with Gasteiger partial charge in [0.05, 0.1) is 30.5 Å². The van der Waals surface area contributed by atoms with Crippen LogP contribution in [-0.4, -0.2) is 57.4 Å². The van der Waals surface area contributed by atoms with Crippen LogP contribution in [0.25, 0.3) is 0 Å². The first-order valence-electron chi connectivity index (χ1n) is 14.3. The molecule has 5 rings (SSSR count). The number of phenolic OH excluding ortho intramolecular Hbond substituents is 1. The van der Waals surface area contributed by atoms with Crippen molar-refractivity contribution in [3.8, 4) is 5.75 Å². The summed E-state index contributed by atoms with van der Waals surface area (Å²) in [6.07, 6.45) is 1.16. The number of nitrogens with zero attached hydrogens (tertiary/aromatic N) is 2. The molecule has 3 aromatic carbocycles. The van der Waals surface area contributed by atoms with Crippen molar-refractivity contribution in [3.05, 3.63) is 125 Å². The summed E-state index contributed by atoms with van der Waals surface area (Å²) in [5, 5.41) is 33.0. The molecule has 4 N–H and O–H groups in total. The van der Waals surface area contributed by atoms with E-state index in [1.165, 1.54) is 6.20 Å². The minimum absolute atomic E-state index is 0.0327. The molecule has 0 spiro atoms. The van der Waals surface area contributed by atoms with Gasteiger partial charge in [-0.2, -0.15) is 0 Å².